The third-order valence-corrected chi connectivity index (χ3v) is 4.77. The van der Waals surface area contributed by atoms with E-state index in [0.717, 1.165) is 18.4 Å². The van der Waals surface area contributed by atoms with Crippen LogP contribution in [0.4, 0.5) is 0 Å². The second-order valence-corrected chi connectivity index (χ2v) is 7.11. The number of methoxy groups -OCH3 is 1. The zero-order chi connectivity index (χ0) is 21.8. The van der Waals surface area contributed by atoms with Gasteiger partial charge in [-0.3, -0.25) is 14.4 Å². The lowest BCUT2D eigenvalue weighted by molar-refractivity contribution is -0.147. The van der Waals surface area contributed by atoms with Crippen LogP contribution in [-0.2, 0) is 28.7 Å². The van der Waals surface area contributed by atoms with Gasteiger partial charge in [-0.15, -0.1) is 0 Å². The van der Waals surface area contributed by atoms with Crippen LogP contribution in [0.3, 0.4) is 0 Å². The summed E-state index contributed by atoms with van der Waals surface area (Å²) in [7, 11) is 1.21. The lowest BCUT2D eigenvalue weighted by atomic mass is 9.97. The van der Waals surface area contributed by atoms with E-state index in [-0.39, 0.29) is 31.3 Å². The highest BCUT2D eigenvalue weighted by Crippen LogP contribution is 2.12. The molecule has 8 nitrogen and oxygen atoms in total. The first-order valence-corrected chi connectivity index (χ1v) is 9.94. The topological polar surface area (TPSA) is 111 Å². The normalized spacial score (nSPS) is 16.1. The predicted molar refractivity (Wildman–Crippen MR) is 108 cm³/mol. The molecule has 0 aromatic carbocycles. The minimum Gasteiger partial charge on any atom is -0.467 e. The molecular weight excluding hydrogens is 376 g/mol. The Bertz CT molecular complexity index is 656. The zero-order valence-electron chi connectivity index (χ0n) is 17.7. The Morgan fingerprint density at radius 2 is 1.90 bits per heavy atom. The van der Waals surface area contributed by atoms with E-state index >= 15 is 0 Å². The molecule has 0 fully saturated rings. The quantitative estimate of drug-likeness (QED) is 0.504. The van der Waals surface area contributed by atoms with E-state index in [0.29, 0.717) is 6.42 Å². The summed E-state index contributed by atoms with van der Waals surface area (Å²) in [5.74, 6) is -2.08. The minimum absolute atomic E-state index is 0.0411. The van der Waals surface area contributed by atoms with E-state index in [1.807, 2.05) is 32.1 Å². The van der Waals surface area contributed by atoms with Gasteiger partial charge in [0.15, 0.2) is 0 Å². The summed E-state index contributed by atoms with van der Waals surface area (Å²) < 4.78 is 9.96. The van der Waals surface area contributed by atoms with Crippen molar-refractivity contribution >= 4 is 23.8 Å². The van der Waals surface area contributed by atoms with Gasteiger partial charge in [-0.1, -0.05) is 38.5 Å². The third kappa shape index (κ3) is 8.93. The molecule has 0 saturated heterocycles. The number of amides is 2. The molecule has 0 aromatic rings. The van der Waals surface area contributed by atoms with Crippen LogP contribution in [0.25, 0.3) is 0 Å². The summed E-state index contributed by atoms with van der Waals surface area (Å²) in [6.07, 6.45) is 8.52. The molecule has 162 valence electrons. The zero-order valence-corrected chi connectivity index (χ0v) is 17.7. The van der Waals surface area contributed by atoms with Crippen molar-refractivity contribution in [2.45, 2.75) is 65.0 Å². The number of carbonyl (C=O) groups excluding carboxylic acids is 4. The third-order valence-electron chi connectivity index (χ3n) is 4.77. The average Bonchev–Trinajstić information content (AvgIpc) is 2.72. The van der Waals surface area contributed by atoms with Crippen LogP contribution in [-0.4, -0.2) is 49.6 Å². The molecule has 1 aliphatic carbocycles. The van der Waals surface area contributed by atoms with E-state index in [9.17, 15) is 19.2 Å². The fraction of sp³-hybridized carbons (Fsp3) is 0.619. The van der Waals surface area contributed by atoms with Crippen LogP contribution in [0.1, 0.15) is 52.9 Å². The minimum atomic E-state index is -1.01. The Kier molecular flexibility index (Phi) is 10.7. The first-order chi connectivity index (χ1) is 13.8. The Morgan fingerprint density at radius 3 is 2.45 bits per heavy atom. The number of carbonyl (C=O) groups is 4. The molecule has 29 heavy (non-hydrogen) atoms. The molecule has 1 unspecified atom stereocenters. The highest BCUT2D eigenvalue weighted by molar-refractivity contribution is 5.90. The second kappa shape index (κ2) is 12.7. The van der Waals surface area contributed by atoms with E-state index in [1.54, 1.807) is 0 Å². The highest BCUT2D eigenvalue weighted by Gasteiger charge is 2.30. The van der Waals surface area contributed by atoms with Gasteiger partial charge in [0.25, 0.3) is 0 Å². The largest absolute Gasteiger partial charge is 0.467 e. The van der Waals surface area contributed by atoms with Crippen molar-refractivity contribution in [2.75, 3.05) is 13.7 Å². The van der Waals surface area contributed by atoms with Crippen LogP contribution in [0.5, 0.6) is 0 Å². The molecule has 2 amide bonds. The maximum absolute atomic E-state index is 12.6. The molecule has 1 aliphatic rings. The molecule has 0 spiro atoms. The molecule has 1 rings (SSSR count). The number of rotatable bonds is 11. The standard InChI is InChI=1S/C21H32N2O6/c1-5-14(2)19(22-15(3)24)20(26)23-17(21(27)28-4)11-12-18(25)29-13-16-9-7-6-8-10-16/h7,9-10,14,17,19H,5-6,8,11-13H2,1-4H3,(H,22,24)(H,23,26)/t14?,17-,19+/m1/s1. The van der Waals surface area contributed by atoms with Crippen molar-refractivity contribution in [3.63, 3.8) is 0 Å². The molecule has 0 aliphatic heterocycles. The lowest BCUT2D eigenvalue weighted by Crippen LogP contribution is -2.54. The van der Waals surface area contributed by atoms with E-state index in [4.69, 9.17) is 9.47 Å². The Hall–Kier alpha value is -2.64. The van der Waals surface area contributed by atoms with Gasteiger partial charge in [0.1, 0.15) is 18.7 Å². The molecule has 2 N–H and O–H groups in total. The van der Waals surface area contributed by atoms with Crippen LogP contribution in [0, 0.1) is 5.92 Å². The molecule has 8 heteroatoms. The van der Waals surface area contributed by atoms with Crippen molar-refractivity contribution in [1.29, 1.82) is 0 Å². The maximum atomic E-state index is 12.6. The Labute approximate surface area is 172 Å². The summed E-state index contributed by atoms with van der Waals surface area (Å²) in [4.78, 5) is 48.1. The van der Waals surface area contributed by atoms with Gasteiger partial charge in [-0.2, -0.15) is 0 Å². The molecule has 0 radical (unpaired) electrons. The molecule has 0 bridgehead atoms. The highest BCUT2D eigenvalue weighted by atomic mass is 16.5. The van der Waals surface area contributed by atoms with Crippen molar-refractivity contribution in [2.24, 2.45) is 5.92 Å². The first kappa shape index (κ1) is 24.4. The van der Waals surface area contributed by atoms with Crippen LogP contribution in [0.2, 0.25) is 0 Å². The van der Waals surface area contributed by atoms with E-state index in [2.05, 4.69) is 10.6 Å². The number of hydrogen-bond acceptors (Lipinski definition) is 6. The van der Waals surface area contributed by atoms with Gasteiger partial charge in [-0.05, 0) is 30.8 Å². The fourth-order valence-corrected chi connectivity index (χ4v) is 2.85. The van der Waals surface area contributed by atoms with E-state index in [1.165, 1.54) is 14.0 Å². The van der Waals surface area contributed by atoms with Crippen molar-refractivity contribution in [3.05, 3.63) is 23.8 Å². The van der Waals surface area contributed by atoms with Gasteiger partial charge in [0.05, 0.1) is 7.11 Å². The van der Waals surface area contributed by atoms with Crippen LogP contribution in [0.15, 0.2) is 23.8 Å². The van der Waals surface area contributed by atoms with Gasteiger partial charge in [-0.25, -0.2) is 4.79 Å². The summed E-state index contributed by atoms with van der Waals surface area (Å²) in [6, 6.07) is -1.78. The molecule has 0 heterocycles. The van der Waals surface area contributed by atoms with Gasteiger partial charge < -0.3 is 20.1 Å². The van der Waals surface area contributed by atoms with E-state index < -0.39 is 29.9 Å². The summed E-state index contributed by atoms with van der Waals surface area (Å²) in [6.45, 7) is 5.24. The predicted octanol–water partition coefficient (Wildman–Crippen LogP) is 1.79. The van der Waals surface area contributed by atoms with Crippen LogP contribution < -0.4 is 10.6 Å². The monoisotopic (exact) mass is 408 g/mol. The number of esters is 2. The summed E-state index contributed by atoms with van der Waals surface area (Å²) in [5, 5.41) is 5.20. The molecule has 0 aromatic heterocycles. The van der Waals surface area contributed by atoms with Gasteiger partial charge in [0, 0.05) is 13.3 Å². The smallest absolute Gasteiger partial charge is 0.328 e. The summed E-state index contributed by atoms with van der Waals surface area (Å²) >= 11 is 0. The SMILES string of the molecule is CCC(C)[C@H](NC(C)=O)C(=O)N[C@H](CCC(=O)OCC1=CCCC=C1)C(=O)OC. The molecular formula is C21H32N2O6. The van der Waals surface area contributed by atoms with Gasteiger partial charge in [0.2, 0.25) is 11.8 Å². The number of allylic oxidation sites excluding steroid dienone is 2. The summed E-state index contributed by atoms with van der Waals surface area (Å²) in [5.41, 5.74) is 0.939. The maximum Gasteiger partial charge on any atom is 0.328 e. The van der Waals surface area contributed by atoms with Crippen molar-refractivity contribution in [1.82, 2.24) is 10.6 Å². The fourth-order valence-electron chi connectivity index (χ4n) is 2.85. The first-order valence-electron chi connectivity index (χ1n) is 9.94. The number of nitrogens with one attached hydrogen (secondary N) is 2. The number of ether oxygens (including phenoxy) is 2. The lowest BCUT2D eigenvalue weighted by Gasteiger charge is -2.25. The van der Waals surface area contributed by atoms with Gasteiger partial charge >= 0.3 is 11.9 Å². The Balaban J connectivity index is 2.63. The molecule has 3 atom stereocenters. The second-order valence-electron chi connectivity index (χ2n) is 7.11. The van der Waals surface area contributed by atoms with Crippen molar-refractivity contribution in [3.8, 4) is 0 Å². The van der Waals surface area contributed by atoms with Crippen LogP contribution >= 0.6 is 0 Å². The Morgan fingerprint density at radius 1 is 1.17 bits per heavy atom. The average molecular weight is 408 g/mol. The molecule has 0 saturated carbocycles. The van der Waals surface area contributed by atoms with Crippen molar-refractivity contribution < 1.29 is 28.7 Å². The number of hydrogen-bond donors (Lipinski definition) is 2.